The molecular formula is C57H57NS. The lowest BCUT2D eigenvalue weighted by atomic mass is 9.42. The van der Waals surface area contributed by atoms with Crippen molar-refractivity contribution in [2.45, 2.75) is 118 Å². The fraction of sp³-hybridized carbons (Fsp3) is 0.368. The number of nitrogens with zero attached hydrogens (tertiary/aromatic N) is 1. The summed E-state index contributed by atoms with van der Waals surface area (Å²) in [5.74, 6) is 3.13. The predicted molar refractivity (Wildman–Crippen MR) is 248 cm³/mol. The predicted octanol–water partition coefficient (Wildman–Crippen LogP) is 15.7. The largest absolute Gasteiger partial charge is 0.309 e. The van der Waals surface area contributed by atoms with E-state index in [9.17, 15) is 0 Å². The van der Waals surface area contributed by atoms with Gasteiger partial charge in [-0.25, -0.2) is 0 Å². The number of rotatable bonds is 4. The minimum absolute atomic E-state index is 0.0193. The van der Waals surface area contributed by atoms with E-state index in [-0.39, 0.29) is 21.7 Å². The maximum atomic E-state index is 2.76. The van der Waals surface area contributed by atoms with Gasteiger partial charge in [-0.05, 0) is 171 Å². The molecular weight excluding hydrogens is 731 g/mol. The molecule has 13 rings (SSSR count). The van der Waals surface area contributed by atoms with E-state index in [1.54, 1.807) is 11.1 Å². The second-order valence-corrected chi connectivity index (χ2v) is 22.3. The van der Waals surface area contributed by atoms with Crippen LogP contribution in [0.25, 0.3) is 22.3 Å². The highest BCUT2D eigenvalue weighted by Gasteiger charge is 2.61. The average Bonchev–Trinajstić information content (AvgIpc) is 3.46. The van der Waals surface area contributed by atoms with Gasteiger partial charge in [-0.2, -0.15) is 0 Å². The fourth-order valence-electron chi connectivity index (χ4n) is 14.1. The van der Waals surface area contributed by atoms with Gasteiger partial charge in [0, 0.05) is 26.3 Å². The molecule has 296 valence electrons. The van der Waals surface area contributed by atoms with Gasteiger partial charge in [0.1, 0.15) is 0 Å². The second kappa shape index (κ2) is 12.5. The van der Waals surface area contributed by atoms with Crippen molar-refractivity contribution < 1.29 is 0 Å². The van der Waals surface area contributed by atoms with Gasteiger partial charge in [0.05, 0.1) is 11.4 Å². The van der Waals surface area contributed by atoms with Crippen molar-refractivity contribution in [3.05, 3.63) is 161 Å². The summed E-state index contributed by atoms with van der Waals surface area (Å²) in [5.41, 5.74) is 18.5. The van der Waals surface area contributed by atoms with Crippen LogP contribution in [0.2, 0.25) is 0 Å². The average molecular weight is 788 g/mol. The van der Waals surface area contributed by atoms with Crippen LogP contribution in [-0.2, 0) is 21.7 Å². The van der Waals surface area contributed by atoms with E-state index in [4.69, 9.17) is 0 Å². The second-order valence-electron chi connectivity index (χ2n) is 21.2. The van der Waals surface area contributed by atoms with E-state index in [0.29, 0.717) is 11.8 Å². The first-order chi connectivity index (χ1) is 28.4. The maximum absolute atomic E-state index is 2.76. The Morgan fingerprint density at radius 3 is 1.90 bits per heavy atom. The number of hydrogen-bond donors (Lipinski definition) is 0. The molecule has 0 saturated heterocycles. The fourth-order valence-corrected chi connectivity index (χ4v) is 15.4. The molecule has 0 atom stereocenters. The van der Waals surface area contributed by atoms with Gasteiger partial charge in [-0.15, -0.1) is 0 Å². The monoisotopic (exact) mass is 787 g/mol. The molecule has 1 heterocycles. The molecule has 1 aliphatic heterocycles. The van der Waals surface area contributed by atoms with Crippen molar-refractivity contribution in [1.29, 1.82) is 0 Å². The number of hydrogen-bond acceptors (Lipinski definition) is 2. The summed E-state index contributed by atoms with van der Waals surface area (Å²) in [6, 6.07) is 50.1. The summed E-state index contributed by atoms with van der Waals surface area (Å²) < 4.78 is 0. The first-order valence-electron chi connectivity index (χ1n) is 22.6. The van der Waals surface area contributed by atoms with Gasteiger partial charge >= 0.3 is 0 Å². The van der Waals surface area contributed by atoms with Crippen LogP contribution in [-0.4, -0.2) is 0 Å². The van der Waals surface area contributed by atoms with E-state index < -0.39 is 0 Å². The van der Waals surface area contributed by atoms with Gasteiger partial charge in [-0.1, -0.05) is 144 Å². The van der Waals surface area contributed by atoms with E-state index in [2.05, 4.69) is 186 Å². The topological polar surface area (TPSA) is 3.24 Å². The van der Waals surface area contributed by atoms with Crippen molar-refractivity contribution in [2.24, 2.45) is 23.7 Å². The van der Waals surface area contributed by atoms with Crippen LogP contribution in [0.3, 0.4) is 0 Å². The zero-order chi connectivity index (χ0) is 40.1. The molecule has 6 aromatic carbocycles. The minimum Gasteiger partial charge on any atom is -0.309 e. The summed E-state index contributed by atoms with van der Waals surface area (Å²) in [6.07, 6.45) is 9.31. The summed E-state index contributed by atoms with van der Waals surface area (Å²) in [6.45, 7) is 14.8. The summed E-state index contributed by atoms with van der Waals surface area (Å²) in [4.78, 5) is 5.71. The lowest BCUT2D eigenvalue weighted by Gasteiger charge is -2.63. The van der Waals surface area contributed by atoms with Crippen LogP contribution in [0.5, 0.6) is 0 Å². The minimum atomic E-state index is -0.103. The Kier molecular flexibility index (Phi) is 7.70. The van der Waals surface area contributed by atoms with Crippen molar-refractivity contribution in [1.82, 2.24) is 0 Å². The Hall–Kier alpha value is -4.53. The SMILES string of the molecule is CC1(C)CCC(C)(C)c2c(N(c3ccc4c(c3)C(C)(C)c3ccccc3-4)c3cc(-c4ccccc4)cc4c3Sc3ccccc3C43C4CC5CC(C4)CC3C5)cccc21. The van der Waals surface area contributed by atoms with Crippen LogP contribution in [0.1, 0.15) is 120 Å². The van der Waals surface area contributed by atoms with Gasteiger partial charge in [0.2, 0.25) is 0 Å². The van der Waals surface area contributed by atoms with Gasteiger partial charge < -0.3 is 4.90 Å². The van der Waals surface area contributed by atoms with Crippen molar-refractivity contribution in [2.75, 3.05) is 4.90 Å². The van der Waals surface area contributed by atoms with Crippen LogP contribution in [0, 0.1) is 23.7 Å². The zero-order valence-corrected chi connectivity index (χ0v) is 36.6. The molecule has 2 heteroatoms. The van der Waals surface area contributed by atoms with Crippen molar-refractivity contribution in [3.63, 3.8) is 0 Å². The van der Waals surface area contributed by atoms with Crippen LogP contribution < -0.4 is 4.90 Å². The molecule has 6 aliphatic carbocycles. The Balaban J connectivity index is 1.19. The molecule has 7 aliphatic rings. The van der Waals surface area contributed by atoms with E-state index in [1.165, 1.54) is 116 Å². The number of benzene rings is 6. The first kappa shape index (κ1) is 36.3. The quantitative estimate of drug-likeness (QED) is 0.175. The van der Waals surface area contributed by atoms with Crippen LogP contribution in [0.4, 0.5) is 17.1 Å². The number of fused-ring (bicyclic) bond motifs is 6. The lowest BCUT2D eigenvalue weighted by Crippen LogP contribution is -2.57. The Morgan fingerprint density at radius 1 is 0.492 bits per heavy atom. The molecule has 4 saturated carbocycles. The molecule has 1 spiro atoms. The Morgan fingerprint density at radius 2 is 1.14 bits per heavy atom. The summed E-state index contributed by atoms with van der Waals surface area (Å²) in [7, 11) is 0. The molecule has 0 N–H and O–H groups in total. The highest BCUT2D eigenvalue weighted by Crippen LogP contribution is 2.70. The van der Waals surface area contributed by atoms with Crippen LogP contribution >= 0.6 is 11.8 Å². The first-order valence-corrected chi connectivity index (χ1v) is 23.5. The lowest BCUT2D eigenvalue weighted by molar-refractivity contribution is -0.0443. The molecule has 59 heavy (non-hydrogen) atoms. The van der Waals surface area contributed by atoms with E-state index in [1.807, 2.05) is 0 Å². The standard InChI is InChI=1S/C57H57NS/c1-54(2)25-26-55(3,4)52-46(54)20-14-21-49(52)58(41-23-24-43-42-17-10-11-18-44(42)56(5,6)47(43)34-41)50-33-38(37-15-8-7-9-16-37)32-48-53(50)59-51-22-13-12-19-45(51)57(48)39-28-35-27-36(30-39)31-40(57)29-35/h7-24,32-36,39-40H,25-31H2,1-6H3. The van der Waals surface area contributed by atoms with Gasteiger partial charge in [-0.3, -0.25) is 0 Å². The molecule has 4 fully saturated rings. The maximum Gasteiger partial charge on any atom is 0.0610 e. The summed E-state index contributed by atoms with van der Waals surface area (Å²) in [5, 5.41) is 0. The zero-order valence-electron chi connectivity index (χ0n) is 35.7. The van der Waals surface area contributed by atoms with E-state index >= 15 is 0 Å². The van der Waals surface area contributed by atoms with Crippen molar-refractivity contribution >= 4 is 28.8 Å². The third-order valence-electron chi connectivity index (χ3n) is 16.7. The molecule has 1 nitrogen and oxygen atoms in total. The summed E-state index contributed by atoms with van der Waals surface area (Å²) >= 11 is 2.06. The van der Waals surface area contributed by atoms with E-state index in [0.717, 1.165) is 11.8 Å². The van der Waals surface area contributed by atoms with Gasteiger partial charge in [0.15, 0.2) is 0 Å². The molecule has 0 radical (unpaired) electrons. The van der Waals surface area contributed by atoms with Crippen LogP contribution in [0.15, 0.2) is 137 Å². The third kappa shape index (κ3) is 5.05. The van der Waals surface area contributed by atoms with Crippen molar-refractivity contribution in [3.8, 4) is 22.3 Å². The Bertz CT molecular complexity index is 2670. The number of anilines is 3. The highest BCUT2D eigenvalue weighted by atomic mass is 32.2. The smallest absolute Gasteiger partial charge is 0.0610 e. The molecule has 0 unspecified atom stereocenters. The normalized spacial score (nSPS) is 26.7. The molecule has 4 bridgehead atoms. The Labute approximate surface area is 356 Å². The molecule has 0 amide bonds. The highest BCUT2D eigenvalue weighted by molar-refractivity contribution is 7.99. The molecule has 0 aromatic heterocycles. The third-order valence-corrected chi connectivity index (χ3v) is 17.9. The molecule has 6 aromatic rings. The van der Waals surface area contributed by atoms with Gasteiger partial charge in [0.25, 0.3) is 0 Å².